The second-order valence-corrected chi connectivity index (χ2v) is 9.22. The molecule has 11 nitrogen and oxygen atoms in total. The third kappa shape index (κ3) is 5.07. The van der Waals surface area contributed by atoms with E-state index in [1.165, 1.54) is 34.4 Å². The molecule has 0 spiro atoms. The quantitative estimate of drug-likeness (QED) is 0.485. The van der Waals surface area contributed by atoms with Gasteiger partial charge in [0.25, 0.3) is 0 Å². The van der Waals surface area contributed by atoms with E-state index < -0.39 is 21.7 Å². The highest BCUT2D eigenvalue weighted by atomic mass is 32.2. The topological polar surface area (TPSA) is 133 Å². The summed E-state index contributed by atoms with van der Waals surface area (Å²) in [5.41, 5.74) is 0.894. The van der Waals surface area contributed by atoms with Crippen LogP contribution in [0.2, 0.25) is 0 Å². The Morgan fingerprint density at radius 3 is 2.48 bits per heavy atom. The molecule has 0 saturated carbocycles. The summed E-state index contributed by atoms with van der Waals surface area (Å²) in [6, 6.07) is 11.2. The zero-order valence-electron chi connectivity index (χ0n) is 18.6. The van der Waals surface area contributed by atoms with Crippen LogP contribution >= 0.6 is 0 Å². The van der Waals surface area contributed by atoms with Crippen molar-refractivity contribution in [2.45, 2.75) is 18.0 Å². The van der Waals surface area contributed by atoms with Crippen molar-refractivity contribution in [1.82, 2.24) is 19.3 Å². The van der Waals surface area contributed by atoms with Gasteiger partial charge in [0, 0.05) is 26.2 Å². The summed E-state index contributed by atoms with van der Waals surface area (Å²) in [4.78, 5) is 24.9. The zero-order valence-corrected chi connectivity index (χ0v) is 19.4. The molecule has 0 unspecified atom stereocenters. The predicted molar refractivity (Wildman–Crippen MR) is 118 cm³/mol. The van der Waals surface area contributed by atoms with Crippen LogP contribution in [0.1, 0.15) is 5.56 Å². The van der Waals surface area contributed by atoms with Gasteiger partial charge in [-0.15, -0.1) is 0 Å². The van der Waals surface area contributed by atoms with Crippen LogP contribution in [0, 0.1) is 0 Å². The number of methoxy groups -OCH3 is 2. The number of carbonyl (C=O) groups is 1. The highest BCUT2D eigenvalue weighted by molar-refractivity contribution is 7.89. The number of sulfonamides is 1. The first-order valence-corrected chi connectivity index (χ1v) is 11.2. The maximum Gasteiger partial charge on any atom is 0.442 e. The second-order valence-electron chi connectivity index (χ2n) is 7.10. The average Bonchev–Trinajstić information content (AvgIpc) is 3.17. The number of aromatic nitrogens is 2. The molecule has 1 amide bonds. The Balaban J connectivity index is 1.80. The minimum atomic E-state index is -3.69. The summed E-state index contributed by atoms with van der Waals surface area (Å²) in [6.07, 6.45) is 0. The number of ether oxygens (including phenoxy) is 2. The minimum Gasteiger partial charge on any atom is -0.493 e. The molecule has 0 saturated heterocycles. The van der Waals surface area contributed by atoms with Crippen LogP contribution in [0.5, 0.6) is 11.5 Å². The normalized spacial score (nSPS) is 11.4. The standard InChI is InChI=1S/C21H24N4O7S/c1-24(2)33(28,29)18-8-6-5-7-15(18)12-22-19(26)13-25-20(23-32-21(25)27)14-9-10-16(30-3)17(11-14)31-4/h5-11H,12-13H2,1-4H3,(H,22,26). The van der Waals surface area contributed by atoms with E-state index >= 15 is 0 Å². The SMILES string of the molecule is COc1ccc(-c2noc(=O)n2CC(=O)NCc2ccccc2S(=O)(=O)N(C)C)cc1OC. The maximum absolute atomic E-state index is 12.6. The Bertz CT molecular complexity index is 1310. The minimum absolute atomic E-state index is 0.0478. The van der Waals surface area contributed by atoms with Gasteiger partial charge in [-0.1, -0.05) is 23.4 Å². The highest BCUT2D eigenvalue weighted by Gasteiger charge is 2.22. The number of carbonyl (C=O) groups excluding carboxylic acids is 1. The Hall–Kier alpha value is -3.64. The lowest BCUT2D eigenvalue weighted by atomic mass is 10.2. The number of amides is 1. The van der Waals surface area contributed by atoms with Gasteiger partial charge in [0.1, 0.15) is 6.54 Å². The van der Waals surface area contributed by atoms with E-state index in [0.29, 0.717) is 22.6 Å². The molecule has 176 valence electrons. The molecule has 0 aliphatic carbocycles. The van der Waals surface area contributed by atoms with Crippen LogP contribution in [0.3, 0.4) is 0 Å². The van der Waals surface area contributed by atoms with Gasteiger partial charge in [-0.3, -0.25) is 9.32 Å². The fourth-order valence-electron chi connectivity index (χ4n) is 3.08. The molecular weight excluding hydrogens is 452 g/mol. The lowest BCUT2D eigenvalue weighted by molar-refractivity contribution is -0.121. The Kier molecular flexibility index (Phi) is 7.19. The van der Waals surface area contributed by atoms with Crippen molar-refractivity contribution in [3.63, 3.8) is 0 Å². The zero-order chi connectivity index (χ0) is 24.2. The monoisotopic (exact) mass is 476 g/mol. The number of nitrogens with one attached hydrogen (secondary N) is 1. The van der Waals surface area contributed by atoms with E-state index in [1.807, 2.05) is 0 Å². The molecule has 0 aliphatic rings. The number of hydrogen-bond acceptors (Lipinski definition) is 8. The molecule has 0 fully saturated rings. The van der Waals surface area contributed by atoms with Gasteiger partial charge in [-0.05, 0) is 29.8 Å². The first-order chi connectivity index (χ1) is 15.7. The largest absolute Gasteiger partial charge is 0.493 e. The molecular formula is C21H24N4O7S. The van der Waals surface area contributed by atoms with Crippen molar-refractivity contribution in [2.75, 3.05) is 28.3 Å². The molecule has 2 aromatic carbocycles. The number of hydrogen-bond donors (Lipinski definition) is 1. The molecule has 1 aromatic heterocycles. The lowest BCUT2D eigenvalue weighted by Crippen LogP contribution is -2.31. The molecule has 33 heavy (non-hydrogen) atoms. The maximum atomic E-state index is 12.6. The molecule has 0 aliphatic heterocycles. The molecule has 0 radical (unpaired) electrons. The number of rotatable bonds is 9. The molecule has 1 N–H and O–H groups in total. The van der Waals surface area contributed by atoms with Gasteiger partial charge in [0.2, 0.25) is 15.9 Å². The van der Waals surface area contributed by atoms with Crippen LogP contribution in [0.25, 0.3) is 11.4 Å². The summed E-state index contributed by atoms with van der Waals surface area (Å²) in [5, 5.41) is 6.41. The summed E-state index contributed by atoms with van der Waals surface area (Å²) >= 11 is 0. The van der Waals surface area contributed by atoms with Crippen molar-refractivity contribution in [2.24, 2.45) is 0 Å². The molecule has 1 heterocycles. The van der Waals surface area contributed by atoms with E-state index in [9.17, 15) is 18.0 Å². The van der Waals surface area contributed by atoms with E-state index in [2.05, 4.69) is 10.5 Å². The molecule has 3 rings (SSSR count). The fourth-order valence-corrected chi connectivity index (χ4v) is 4.20. The fraction of sp³-hybridized carbons (Fsp3) is 0.286. The molecule has 0 bridgehead atoms. The van der Waals surface area contributed by atoms with E-state index in [1.54, 1.807) is 36.4 Å². The van der Waals surface area contributed by atoms with Crippen molar-refractivity contribution < 1.29 is 27.2 Å². The average molecular weight is 477 g/mol. The Morgan fingerprint density at radius 1 is 1.12 bits per heavy atom. The summed E-state index contributed by atoms with van der Waals surface area (Å²) in [5.74, 6) is -0.306. The van der Waals surface area contributed by atoms with Gasteiger partial charge in [-0.25, -0.2) is 22.1 Å². The van der Waals surface area contributed by atoms with Crippen LogP contribution in [0.15, 0.2) is 56.7 Å². The van der Waals surface area contributed by atoms with Gasteiger partial charge >= 0.3 is 5.76 Å². The third-order valence-corrected chi connectivity index (χ3v) is 6.75. The first-order valence-electron chi connectivity index (χ1n) is 9.75. The van der Waals surface area contributed by atoms with E-state index in [4.69, 9.17) is 14.0 Å². The van der Waals surface area contributed by atoms with Crippen LogP contribution in [-0.4, -0.2) is 56.7 Å². The molecule has 3 aromatic rings. The third-order valence-electron chi connectivity index (χ3n) is 4.84. The summed E-state index contributed by atoms with van der Waals surface area (Å²) < 4.78 is 42.4. The smallest absolute Gasteiger partial charge is 0.442 e. The van der Waals surface area contributed by atoms with Gasteiger partial charge in [-0.2, -0.15) is 0 Å². The van der Waals surface area contributed by atoms with Crippen molar-refractivity contribution in [3.05, 3.63) is 58.6 Å². The summed E-state index contributed by atoms with van der Waals surface area (Å²) in [7, 11) is 2.14. The molecule has 12 heteroatoms. The predicted octanol–water partition coefficient (Wildman–Crippen LogP) is 1.09. The van der Waals surface area contributed by atoms with Crippen LogP contribution in [0.4, 0.5) is 0 Å². The highest BCUT2D eigenvalue weighted by Crippen LogP contribution is 2.31. The number of nitrogens with zero attached hydrogens (tertiary/aromatic N) is 3. The van der Waals surface area contributed by atoms with Crippen LogP contribution < -0.4 is 20.5 Å². The van der Waals surface area contributed by atoms with Crippen molar-refractivity contribution >= 4 is 15.9 Å². The lowest BCUT2D eigenvalue weighted by Gasteiger charge is -2.15. The Morgan fingerprint density at radius 2 is 1.82 bits per heavy atom. The van der Waals surface area contributed by atoms with Crippen molar-refractivity contribution in [3.8, 4) is 22.9 Å². The van der Waals surface area contributed by atoms with Gasteiger partial charge in [0.15, 0.2) is 17.3 Å². The van der Waals surface area contributed by atoms with Crippen molar-refractivity contribution in [1.29, 1.82) is 0 Å². The Labute approximate surface area is 190 Å². The first kappa shape index (κ1) is 24.0. The van der Waals surface area contributed by atoms with Gasteiger partial charge in [0.05, 0.1) is 19.1 Å². The molecule has 0 atom stereocenters. The van der Waals surface area contributed by atoms with Gasteiger partial charge < -0.3 is 14.8 Å². The number of benzene rings is 2. The summed E-state index contributed by atoms with van der Waals surface area (Å²) in [6.45, 7) is -0.428. The second kappa shape index (κ2) is 9.88. The van der Waals surface area contributed by atoms with E-state index in [0.717, 1.165) is 8.87 Å². The van der Waals surface area contributed by atoms with E-state index in [-0.39, 0.29) is 23.8 Å². The van der Waals surface area contributed by atoms with Crippen LogP contribution in [-0.2, 0) is 27.9 Å².